The molecule has 0 saturated heterocycles. The van der Waals surface area contributed by atoms with Gasteiger partial charge in [0.25, 0.3) is 0 Å². The molecule has 0 aromatic carbocycles. The van der Waals surface area contributed by atoms with Crippen molar-refractivity contribution < 1.29 is 4.74 Å². The molecule has 0 saturated carbocycles. The highest BCUT2D eigenvalue weighted by molar-refractivity contribution is 5.35. The second-order valence-electron chi connectivity index (χ2n) is 4.51. The quantitative estimate of drug-likeness (QED) is 0.660. The van der Waals surface area contributed by atoms with Crippen molar-refractivity contribution in [3.8, 4) is 0 Å². The number of nitrogens with zero attached hydrogens (tertiary/aromatic N) is 2. The summed E-state index contributed by atoms with van der Waals surface area (Å²) in [5.41, 5.74) is 1.11. The maximum atomic E-state index is 5.41. The molecule has 0 radical (unpaired) electrons. The Hall–Kier alpha value is -1.13. The number of pyridine rings is 1. The standard InChI is InChI=1S/C15H27N3O/c1-4-10-16-15-9-7-8-14(17-15)13-18(5-2)11-12-19-6-3/h7-9H,4-6,10-13H2,1-3H3,(H,16,17). The van der Waals surface area contributed by atoms with Crippen molar-refractivity contribution in [2.45, 2.75) is 33.7 Å². The molecule has 0 fully saturated rings. The minimum atomic E-state index is 0.784. The second-order valence-corrected chi connectivity index (χ2v) is 4.51. The molecule has 0 aliphatic carbocycles. The Morgan fingerprint density at radius 2 is 2.11 bits per heavy atom. The molecular formula is C15H27N3O. The molecule has 0 amide bonds. The fraction of sp³-hybridized carbons (Fsp3) is 0.667. The Morgan fingerprint density at radius 1 is 1.26 bits per heavy atom. The Kier molecular flexibility index (Phi) is 8.18. The van der Waals surface area contributed by atoms with Crippen LogP contribution in [-0.4, -0.2) is 42.7 Å². The number of hydrogen-bond donors (Lipinski definition) is 1. The van der Waals surface area contributed by atoms with Crippen LogP contribution in [0, 0.1) is 0 Å². The number of aromatic nitrogens is 1. The van der Waals surface area contributed by atoms with Gasteiger partial charge in [-0.2, -0.15) is 0 Å². The zero-order chi connectivity index (χ0) is 13.9. The van der Waals surface area contributed by atoms with Gasteiger partial charge in [-0.25, -0.2) is 4.98 Å². The molecule has 1 heterocycles. The summed E-state index contributed by atoms with van der Waals surface area (Å²) in [6.45, 7) is 11.8. The third kappa shape index (κ3) is 6.55. The fourth-order valence-electron chi connectivity index (χ4n) is 1.84. The van der Waals surface area contributed by atoms with Gasteiger partial charge in [-0.1, -0.05) is 19.9 Å². The van der Waals surface area contributed by atoms with Crippen LogP contribution in [0.5, 0.6) is 0 Å². The molecule has 4 nitrogen and oxygen atoms in total. The van der Waals surface area contributed by atoms with Gasteiger partial charge in [-0.3, -0.25) is 4.90 Å². The minimum absolute atomic E-state index is 0.784. The first-order valence-electron chi connectivity index (χ1n) is 7.30. The van der Waals surface area contributed by atoms with Crippen LogP contribution in [0.15, 0.2) is 18.2 Å². The van der Waals surface area contributed by atoms with Crippen LogP contribution in [0.2, 0.25) is 0 Å². The first kappa shape index (κ1) is 15.9. The number of ether oxygens (including phenoxy) is 1. The van der Waals surface area contributed by atoms with E-state index in [-0.39, 0.29) is 0 Å². The molecule has 108 valence electrons. The Balaban J connectivity index is 2.48. The first-order chi connectivity index (χ1) is 9.30. The molecule has 0 unspecified atom stereocenters. The number of anilines is 1. The van der Waals surface area contributed by atoms with Crippen LogP contribution in [0.4, 0.5) is 5.82 Å². The molecule has 0 bridgehead atoms. The van der Waals surface area contributed by atoms with Gasteiger partial charge < -0.3 is 10.1 Å². The van der Waals surface area contributed by atoms with Crippen LogP contribution < -0.4 is 5.32 Å². The highest BCUT2D eigenvalue weighted by atomic mass is 16.5. The summed E-state index contributed by atoms with van der Waals surface area (Å²) >= 11 is 0. The van der Waals surface area contributed by atoms with E-state index in [0.717, 1.165) is 57.3 Å². The first-order valence-corrected chi connectivity index (χ1v) is 7.30. The molecule has 0 atom stereocenters. The van der Waals surface area contributed by atoms with Crippen molar-refractivity contribution in [1.29, 1.82) is 0 Å². The average Bonchev–Trinajstić information content (AvgIpc) is 2.44. The summed E-state index contributed by atoms with van der Waals surface area (Å²) in [6.07, 6.45) is 1.11. The third-order valence-electron chi connectivity index (χ3n) is 2.95. The lowest BCUT2D eigenvalue weighted by Gasteiger charge is -2.20. The van der Waals surface area contributed by atoms with Crippen LogP contribution >= 0.6 is 0 Å². The number of hydrogen-bond acceptors (Lipinski definition) is 4. The smallest absolute Gasteiger partial charge is 0.126 e. The third-order valence-corrected chi connectivity index (χ3v) is 2.95. The lowest BCUT2D eigenvalue weighted by atomic mass is 10.3. The van der Waals surface area contributed by atoms with Crippen molar-refractivity contribution >= 4 is 5.82 Å². The Morgan fingerprint density at radius 3 is 2.79 bits per heavy atom. The molecule has 19 heavy (non-hydrogen) atoms. The normalized spacial score (nSPS) is 10.9. The van der Waals surface area contributed by atoms with E-state index in [9.17, 15) is 0 Å². The molecule has 0 spiro atoms. The van der Waals surface area contributed by atoms with Gasteiger partial charge in [0.1, 0.15) is 5.82 Å². The molecule has 1 aromatic rings. The van der Waals surface area contributed by atoms with Gasteiger partial charge in [0.05, 0.1) is 12.3 Å². The lowest BCUT2D eigenvalue weighted by molar-refractivity contribution is 0.112. The summed E-state index contributed by atoms with van der Waals surface area (Å²) < 4.78 is 5.41. The van der Waals surface area contributed by atoms with Crippen molar-refractivity contribution in [1.82, 2.24) is 9.88 Å². The Labute approximate surface area is 117 Å². The zero-order valence-electron chi connectivity index (χ0n) is 12.5. The summed E-state index contributed by atoms with van der Waals surface area (Å²) in [4.78, 5) is 6.98. The van der Waals surface area contributed by atoms with E-state index < -0.39 is 0 Å². The summed E-state index contributed by atoms with van der Waals surface area (Å²) in [6, 6.07) is 6.17. The fourth-order valence-corrected chi connectivity index (χ4v) is 1.84. The van der Waals surface area contributed by atoms with Gasteiger partial charge in [-0.05, 0) is 32.0 Å². The average molecular weight is 265 g/mol. The molecule has 1 rings (SSSR count). The van der Waals surface area contributed by atoms with Crippen molar-refractivity contribution in [2.24, 2.45) is 0 Å². The van der Waals surface area contributed by atoms with Crippen molar-refractivity contribution in [3.05, 3.63) is 23.9 Å². The van der Waals surface area contributed by atoms with E-state index in [1.165, 1.54) is 0 Å². The SMILES string of the molecule is CCCNc1cccc(CN(CC)CCOCC)n1. The van der Waals surface area contributed by atoms with Crippen molar-refractivity contribution in [2.75, 3.05) is 38.2 Å². The topological polar surface area (TPSA) is 37.4 Å². The zero-order valence-corrected chi connectivity index (χ0v) is 12.5. The van der Waals surface area contributed by atoms with Crippen LogP contribution in [0.25, 0.3) is 0 Å². The maximum Gasteiger partial charge on any atom is 0.126 e. The van der Waals surface area contributed by atoms with E-state index in [1.807, 2.05) is 13.0 Å². The largest absolute Gasteiger partial charge is 0.380 e. The lowest BCUT2D eigenvalue weighted by Crippen LogP contribution is -2.27. The minimum Gasteiger partial charge on any atom is -0.380 e. The summed E-state index contributed by atoms with van der Waals surface area (Å²) in [7, 11) is 0. The predicted octanol–water partition coefficient (Wildman–Crippen LogP) is 2.76. The van der Waals surface area contributed by atoms with Crippen LogP contribution in [0.3, 0.4) is 0 Å². The van der Waals surface area contributed by atoms with Gasteiger partial charge in [0.15, 0.2) is 0 Å². The molecule has 4 heteroatoms. The molecule has 0 aliphatic rings. The highest BCUT2D eigenvalue weighted by Gasteiger charge is 2.05. The Bertz CT molecular complexity index is 344. The summed E-state index contributed by atoms with van der Waals surface area (Å²) in [5, 5.41) is 3.32. The second kappa shape index (κ2) is 9.75. The van der Waals surface area contributed by atoms with Gasteiger partial charge in [0.2, 0.25) is 0 Å². The molecule has 0 aliphatic heterocycles. The maximum absolute atomic E-state index is 5.41. The van der Waals surface area contributed by atoms with Crippen LogP contribution in [0.1, 0.15) is 32.9 Å². The number of rotatable bonds is 10. The van der Waals surface area contributed by atoms with E-state index in [1.54, 1.807) is 0 Å². The molecular weight excluding hydrogens is 238 g/mol. The number of likely N-dealkylation sites (N-methyl/N-ethyl adjacent to an activating group) is 1. The van der Waals surface area contributed by atoms with Gasteiger partial charge in [-0.15, -0.1) is 0 Å². The number of nitrogens with one attached hydrogen (secondary N) is 1. The van der Waals surface area contributed by atoms with Crippen molar-refractivity contribution in [3.63, 3.8) is 0 Å². The van der Waals surface area contributed by atoms with E-state index in [2.05, 4.69) is 41.2 Å². The predicted molar refractivity (Wildman–Crippen MR) is 80.5 cm³/mol. The summed E-state index contributed by atoms with van der Waals surface area (Å²) in [5.74, 6) is 0.972. The monoisotopic (exact) mass is 265 g/mol. The molecule has 1 aromatic heterocycles. The van der Waals surface area contributed by atoms with E-state index >= 15 is 0 Å². The highest BCUT2D eigenvalue weighted by Crippen LogP contribution is 2.07. The molecule has 1 N–H and O–H groups in total. The van der Waals surface area contributed by atoms with E-state index in [0.29, 0.717) is 0 Å². The van der Waals surface area contributed by atoms with Crippen LogP contribution in [-0.2, 0) is 11.3 Å². The van der Waals surface area contributed by atoms with Gasteiger partial charge in [0, 0.05) is 26.2 Å². The van der Waals surface area contributed by atoms with Gasteiger partial charge >= 0.3 is 0 Å². The van der Waals surface area contributed by atoms with E-state index in [4.69, 9.17) is 4.74 Å².